The van der Waals surface area contributed by atoms with Crippen LogP contribution in [0.3, 0.4) is 0 Å². The Morgan fingerprint density at radius 1 is 0.474 bits per heavy atom. The summed E-state index contributed by atoms with van der Waals surface area (Å²) in [5.41, 5.74) is 22.1. The van der Waals surface area contributed by atoms with Gasteiger partial charge in [0.2, 0.25) is 0 Å². The zero-order valence-corrected chi connectivity index (χ0v) is 47.3. The van der Waals surface area contributed by atoms with E-state index in [0.717, 1.165) is 74.1 Å². The van der Waals surface area contributed by atoms with Gasteiger partial charge in [0.25, 0.3) is 0 Å². The molecule has 0 spiro atoms. The number of furan rings is 2. The molecule has 0 bridgehead atoms. The van der Waals surface area contributed by atoms with Gasteiger partial charge in [0, 0.05) is 65.0 Å². The summed E-state index contributed by atoms with van der Waals surface area (Å²) in [6, 6.07) is 55.8. The van der Waals surface area contributed by atoms with E-state index in [1.54, 1.807) is 0 Å². The predicted molar refractivity (Wildman–Crippen MR) is 327 cm³/mol. The van der Waals surface area contributed by atoms with Gasteiger partial charge in [0.15, 0.2) is 5.58 Å². The van der Waals surface area contributed by atoms with Crippen molar-refractivity contribution in [2.75, 3.05) is 9.71 Å². The number of rotatable bonds is 3. The van der Waals surface area contributed by atoms with E-state index < -0.39 is 0 Å². The lowest BCUT2D eigenvalue weighted by molar-refractivity contribution is 0.332. The van der Waals surface area contributed by atoms with Crippen LogP contribution in [0, 0.1) is 0 Å². The summed E-state index contributed by atoms with van der Waals surface area (Å²) >= 11 is 1.94. The number of hydrogen-bond donors (Lipinski definition) is 0. The number of thiophene rings is 1. The van der Waals surface area contributed by atoms with Gasteiger partial charge in [0.05, 0.1) is 17.1 Å². The predicted octanol–water partition coefficient (Wildman–Crippen LogP) is 19.3. The summed E-state index contributed by atoms with van der Waals surface area (Å²) in [6.07, 6.45) is 2.30. The standard InChI is InChI=1S/C70H67BN2O2S/c1-66(2,3)41-23-27-44(28-24-41)73-56-39-59-48(49-37-53-54(38-58(49)74-59)70(12,13)32-31-69(53,10)11)35-47(56)50-36-51-45-21-17-18-22-57(45)75-64(51)63-61(50)71(73)65-62(52-34-43(68(7,8)9)26-30-60(52)76-65)72(63)55-29-25-42(67(4,5)6)33-46(55)40-19-15-14-16-20-40/h14-30,33-39H,31-32H2,1-13H3. The van der Waals surface area contributed by atoms with Crippen LogP contribution in [0.25, 0.3) is 76.2 Å². The van der Waals surface area contributed by atoms with Gasteiger partial charge in [-0.2, -0.15) is 0 Å². The number of para-hydroxylation sites is 1. The van der Waals surface area contributed by atoms with Gasteiger partial charge in [0.1, 0.15) is 16.7 Å². The smallest absolute Gasteiger partial charge is 0.343 e. The molecule has 3 aliphatic rings. The monoisotopic (exact) mass is 1010 g/mol. The third-order valence-corrected chi connectivity index (χ3v) is 19.0. The Labute approximate surface area is 452 Å². The highest BCUT2D eigenvalue weighted by molar-refractivity contribution is 7.32. The maximum Gasteiger partial charge on any atom is 0.343 e. The van der Waals surface area contributed by atoms with Gasteiger partial charge in [-0.25, -0.2) is 0 Å². The van der Waals surface area contributed by atoms with Crippen LogP contribution in [0.2, 0.25) is 0 Å². The van der Waals surface area contributed by atoms with E-state index in [9.17, 15) is 0 Å². The molecule has 8 aromatic carbocycles. The molecule has 3 aromatic heterocycles. The quantitative estimate of drug-likeness (QED) is 0.165. The van der Waals surface area contributed by atoms with E-state index in [0.29, 0.717) is 0 Å². The topological polar surface area (TPSA) is 32.8 Å². The fraction of sp³-hybridized carbons (Fsp3) is 0.286. The number of anilines is 5. The fourth-order valence-corrected chi connectivity index (χ4v) is 14.4. The lowest BCUT2D eigenvalue weighted by atomic mass is 9.46. The van der Waals surface area contributed by atoms with Crippen molar-refractivity contribution in [3.8, 4) is 22.3 Å². The number of nitrogens with zero attached hydrogens (tertiary/aromatic N) is 2. The van der Waals surface area contributed by atoms with Crippen LogP contribution in [0.15, 0.2) is 154 Å². The first-order valence-corrected chi connectivity index (χ1v) is 28.4. The summed E-state index contributed by atoms with van der Waals surface area (Å²) in [6.45, 7) is 30.3. The lowest BCUT2D eigenvalue weighted by Crippen LogP contribution is -2.60. The van der Waals surface area contributed by atoms with E-state index in [-0.39, 0.29) is 33.9 Å². The van der Waals surface area contributed by atoms with Crippen LogP contribution in [-0.4, -0.2) is 6.85 Å². The van der Waals surface area contributed by atoms with Gasteiger partial charge in [-0.05, 0) is 151 Å². The molecule has 4 nitrogen and oxygen atoms in total. The molecule has 0 fully saturated rings. The summed E-state index contributed by atoms with van der Waals surface area (Å²) in [4.78, 5) is 5.30. The minimum Gasteiger partial charge on any atom is -0.456 e. The molecular weight excluding hydrogens is 944 g/mol. The van der Waals surface area contributed by atoms with E-state index in [1.165, 1.54) is 81.5 Å². The first-order valence-electron chi connectivity index (χ1n) is 27.6. The third-order valence-electron chi connectivity index (χ3n) is 17.8. The van der Waals surface area contributed by atoms with Crippen molar-refractivity contribution >= 4 is 111 Å². The normalized spacial score (nSPS) is 16.0. The van der Waals surface area contributed by atoms with Crippen LogP contribution in [0.5, 0.6) is 0 Å². The number of fused-ring (bicyclic) bond motifs is 14. The number of benzene rings is 8. The molecule has 14 rings (SSSR count). The van der Waals surface area contributed by atoms with E-state index in [4.69, 9.17) is 8.83 Å². The minimum absolute atomic E-state index is 0.0124. The summed E-state index contributed by atoms with van der Waals surface area (Å²) in [7, 11) is 0. The SMILES string of the molecule is CC(C)(C)c1ccc(N2B3c4sc5ccc(C(C)(C)C)cc5c4N(c4ccc(C(C)(C)C)cc4-c4ccccc4)c4c3c(cc3c4oc4ccccc43)-c3cc4c(cc32)oc2cc3c(cc24)C(C)(C)CCC3(C)C)cc1. The average Bonchev–Trinajstić information content (AvgIpc) is 4.26. The van der Waals surface area contributed by atoms with Crippen molar-refractivity contribution in [3.63, 3.8) is 0 Å². The van der Waals surface area contributed by atoms with Crippen LogP contribution >= 0.6 is 11.3 Å². The first kappa shape index (κ1) is 47.4. The van der Waals surface area contributed by atoms with Crippen LogP contribution in [-0.2, 0) is 27.1 Å². The molecule has 11 aromatic rings. The van der Waals surface area contributed by atoms with Gasteiger partial charge >= 0.3 is 6.85 Å². The second-order valence-corrected chi connectivity index (χ2v) is 27.9. The van der Waals surface area contributed by atoms with Crippen molar-refractivity contribution in [2.45, 2.75) is 130 Å². The van der Waals surface area contributed by atoms with Gasteiger partial charge < -0.3 is 18.5 Å². The summed E-state index contributed by atoms with van der Waals surface area (Å²) in [5, 5.41) is 5.82. The van der Waals surface area contributed by atoms with Gasteiger partial charge in [-0.15, -0.1) is 11.3 Å². The third kappa shape index (κ3) is 6.94. The highest BCUT2D eigenvalue weighted by Gasteiger charge is 2.49. The van der Waals surface area contributed by atoms with Gasteiger partial charge in [-0.3, -0.25) is 0 Å². The van der Waals surface area contributed by atoms with Gasteiger partial charge in [-0.1, -0.05) is 163 Å². The van der Waals surface area contributed by atoms with Crippen LogP contribution in [0.4, 0.5) is 28.4 Å². The highest BCUT2D eigenvalue weighted by Crippen LogP contribution is 2.56. The van der Waals surface area contributed by atoms with Crippen molar-refractivity contribution < 1.29 is 8.83 Å². The Balaban J connectivity index is 1.17. The highest BCUT2D eigenvalue weighted by atomic mass is 32.1. The maximum atomic E-state index is 7.39. The molecule has 6 heteroatoms. The van der Waals surface area contributed by atoms with Crippen LogP contribution in [0.1, 0.15) is 131 Å². The second kappa shape index (κ2) is 15.8. The van der Waals surface area contributed by atoms with E-state index >= 15 is 0 Å². The molecule has 0 radical (unpaired) electrons. The summed E-state index contributed by atoms with van der Waals surface area (Å²) < 4.78 is 17.1. The van der Waals surface area contributed by atoms with Crippen molar-refractivity contribution in [1.29, 1.82) is 0 Å². The largest absolute Gasteiger partial charge is 0.456 e. The fourth-order valence-electron chi connectivity index (χ4n) is 13.2. The molecule has 1 aliphatic carbocycles. The van der Waals surface area contributed by atoms with Crippen molar-refractivity contribution in [3.05, 3.63) is 173 Å². The Morgan fingerprint density at radius 3 is 1.79 bits per heavy atom. The first-order chi connectivity index (χ1) is 36.0. The maximum absolute atomic E-state index is 7.39. The van der Waals surface area contributed by atoms with E-state index in [1.807, 2.05) is 11.3 Å². The second-order valence-electron chi connectivity index (χ2n) is 26.8. The summed E-state index contributed by atoms with van der Waals surface area (Å²) in [5.74, 6) is 0. The van der Waals surface area contributed by atoms with Crippen molar-refractivity contribution in [1.82, 2.24) is 0 Å². The molecular formula is C70H67BN2O2S. The average molecular weight is 1010 g/mol. The Kier molecular flexibility index (Phi) is 9.86. The van der Waals surface area contributed by atoms with Crippen molar-refractivity contribution in [2.24, 2.45) is 0 Å². The molecule has 0 atom stereocenters. The Hall–Kier alpha value is -7.02. The Bertz CT molecular complexity index is 4240. The zero-order valence-electron chi connectivity index (χ0n) is 46.5. The molecule has 378 valence electrons. The molecule has 0 N–H and O–H groups in total. The molecule has 0 saturated heterocycles. The molecule has 0 saturated carbocycles. The number of hydrogen-bond acceptors (Lipinski definition) is 5. The van der Waals surface area contributed by atoms with E-state index in [2.05, 4.69) is 245 Å². The minimum atomic E-state index is -0.220. The molecule has 2 aliphatic heterocycles. The Morgan fingerprint density at radius 2 is 1.08 bits per heavy atom. The molecule has 0 unspecified atom stereocenters. The molecule has 5 heterocycles. The lowest BCUT2D eigenvalue weighted by Gasteiger charge is -2.45. The molecule has 76 heavy (non-hydrogen) atoms. The van der Waals surface area contributed by atoms with Crippen LogP contribution < -0.4 is 20.0 Å². The zero-order chi connectivity index (χ0) is 52.7. The molecule has 0 amide bonds.